The van der Waals surface area contributed by atoms with Crippen molar-refractivity contribution in [3.05, 3.63) is 34.9 Å². The lowest BCUT2D eigenvalue weighted by Crippen LogP contribution is -2.05. The fraction of sp³-hybridized carbons (Fsp3) is 0.533. The average Bonchev–Trinajstić information content (AvgIpc) is 2.35. The summed E-state index contributed by atoms with van der Waals surface area (Å²) in [5.41, 5.74) is 3.19. The summed E-state index contributed by atoms with van der Waals surface area (Å²) in [7, 11) is 1.41. The first-order chi connectivity index (χ1) is 8.13. The topological polar surface area (TPSA) is 26.3 Å². The second-order valence-corrected chi connectivity index (χ2v) is 4.46. The summed E-state index contributed by atoms with van der Waals surface area (Å²) in [5.74, 6) is 0.342. The van der Waals surface area contributed by atoms with Crippen LogP contribution in [0.15, 0.2) is 18.2 Å². The van der Waals surface area contributed by atoms with E-state index in [9.17, 15) is 4.79 Å². The van der Waals surface area contributed by atoms with Crippen molar-refractivity contribution in [2.45, 2.75) is 46.0 Å². The van der Waals surface area contributed by atoms with Crippen molar-refractivity contribution < 1.29 is 9.53 Å². The Morgan fingerprint density at radius 3 is 2.53 bits per heavy atom. The second kappa shape index (κ2) is 6.43. The summed E-state index contributed by atoms with van der Waals surface area (Å²) in [5, 5.41) is 0. The molecule has 0 aliphatic carbocycles. The summed E-state index contributed by atoms with van der Waals surface area (Å²) in [6, 6.07) is 5.87. The zero-order valence-electron chi connectivity index (χ0n) is 11.2. The standard InChI is InChI=1S/C15H22O2/c1-5-7-12(6-2)14-9-8-13(10-11(14)3)15(16)17-4/h8-10,12H,5-7H2,1-4H3. The first kappa shape index (κ1) is 13.8. The van der Waals surface area contributed by atoms with Crippen molar-refractivity contribution in [2.24, 2.45) is 0 Å². The molecule has 1 aromatic rings. The van der Waals surface area contributed by atoms with Crippen LogP contribution in [0, 0.1) is 6.92 Å². The Balaban J connectivity index is 2.99. The molecule has 1 unspecified atom stereocenters. The highest BCUT2D eigenvalue weighted by atomic mass is 16.5. The number of carbonyl (C=O) groups is 1. The Labute approximate surface area is 104 Å². The van der Waals surface area contributed by atoms with Crippen molar-refractivity contribution >= 4 is 5.97 Å². The Kier molecular flexibility index (Phi) is 5.20. The van der Waals surface area contributed by atoms with Gasteiger partial charge in [0.1, 0.15) is 0 Å². The van der Waals surface area contributed by atoms with Crippen LogP contribution in [-0.2, 0) is 4.74 Å². The molecular formula is C15H22O2. The van der Waals surface area contributed by atoms with Crippen LogP contribution in [-0.4, -0.2) is 13.1 Å². The van der Waals surface area contributed by atoms with E-state index in [1.54, 1.807) is 0 Å². The van der Waals surface area contributed by atoms with Gasteiger partial charge in [0.05, 0.1) is 12.7 Å². The minimum atomic E-state index is -0.261. The van der Waals surface area contributed by atoms with Crippen molar-refractivity contribution in [2.75, 3.05) is 7.11 Å². The molecule has 0 saturated carbocycles. The molecule has 1 atom stereocenters. The predicted molar refractivity (Wildman–Crippen MR) is 70.5 cm³/mol. The Morgan fingerprint density at radius 1 is 1.35 bits per heavy atom. The van der Waals surface area contributed by atoms with Crippen LogP contribution in [0.2, 0.25) is 0 Å². The molecule has 1 rings (SSSR count). The molecule has 0 aromatic heterocycles. The van der Waals surface area contributed by atoms with Gasteiger partial charge in [-0.15, -0.1) is 0 Å². The van der Waals surface area contributed by atoms with E-state index in [2.05, 4.69) is 26.8 Å². The lowest BCUT2D eigenvalue weighted by Gasteiger charge is -2.17. The first-order valence-electron chi connectivity index (χ1n) is 6.32. The summed E-state index contributed by atoms with van der Waals surface area (Å²) in [4.78, 5) is 11.4. The van der Waals surface area contributed by atoms with Gasteiger partial charge < -0.3 is 4.74 Å². The van der Waals surface area contributed by atoms with Crippen LogP contribution in [0.3, 0.4) is 0 Å². The predicted octanol–water partition coefficient (Wildman–Crippen LogP) is 4.08. The number of hydrogen-bond acceptors (Lipinski definition) is 2. The lowest BCUT2D eigenvalue weighted by molar-refractivity contribution is 0.0600. The number of methoxy groups -OCH3 is 1. The third-order valence-corrected chi connectivity index (χ3v) is 3.26. The molecule has 2 nitrogen and oxygen atoms in total. The normalized spacial score (nSPS) is 12.2. The smallest absolute Gasteiger partial charge is 0.337 e. The zero-order valence-corrected chi connectivity index (χ0v) is 11.2. The molecule has 0 heterocycles. The SMILES string of the molecule is CCCC(CC)c1ccc(C(=O)OC)cc1C. The molecule has 94 valence electrons. The highest BCUT2D eigenvalue weighted by molar-refractivity contribution is 5.89. The summed E-state index contributed by atoms with van der Waals surface area (Å²) >= 11 is 0. The number of aryl methyl sites for hydroxylation is 1. The van der Waals surface area contributed by atoms with E-state index in [4.69, 9.17) is 4.74 Å². The van der Waals surface area contributed by atoms with Gasteiger partial charge in [0.15, 0.2) is 0 Å². The molecule has 0 spiro atoms. The number of hydrogen-bond donors (Lipinski definition) is 0. The van der Waals surface area contributed by atoms with Crippen molar-refractivity contribution in [1.29, 1.82) is 0 Å². The van der Waals surface area contributed by atoms with Gasteiger partial charge in [0.2, 0.25) is 0 Å². The highest BCUT2D eigenvalue weighted by Gasteiger charge is 2.13. The van der Waals surface area contributed by atoms with E-state index in [1.165, 1.54) is 31.1 Å². The lowest BCUT2D eigenvalue weighted by atomic mass is 9.88. The number of benzene rings is 1. The molecule has 0 fully saturated rings. The maximum absolute atomic E-state index is 11.4. The molecule has 0 amide bonds. The second-order valence-electron chi connectivity index (χ2n) is 4.46. The maximum atomic E-state index is 11.4. The van der Waals surface area contributed by atoms with Crippen LogP contribution in [0.5, 0.6) is 0 Å². The number of rotatable bonds is 5. The van der Waals surface area contributed by atoms with E-state index in [1.807, 2.05) is 12.1 Å². The molecule has 0 N–H and O–H groups in total. The fourth-order valence-electron chi connectivity index (χ4n) is 2.31. The van der Waals surface area contributed by atoms with Gasteiger partial charge in [-0.3, -0.25) is 0 Å². The van der Waals surface area contributed by atoms with Gasteiger partial charge in [-0.05, 0) is 48.9 Å². The quantitative estimate of drug-likeness (QED) is 0.718. The van der Waals surface area contributed by atoms with Crippen LogP contribution >= 0.6 is 0 Å². The third kappa shape index (κ3) is 3.32. The van der Waals surface area contributed by atoms with Crippen molar-refractivity contribution in [3.8, 4) is 0 Å². The van der Waals surface area contributed by atoms with E-state index < -0.39 is 0 Å². The van der Waals surface area contributed by atoms with Gasteiger partial charge in [0.25, 0.3) is 0 Å². The number of carbonyl (C=O) groups excluding carboxylic acids is 1. The number of esters is 1. The molecule has 0 aliphatic rings. The monoisotopic (exact) mass is 234 g/mol. The van der Waals surface area contributed by atoms with Gasteiger partial charge in [-0.1, -0.05) is 26.3 Å². The minimum absolute atomic E-state index is 0.261. The highest BCUT2D eigenvalue weighted by Crippen LogP contribution is 2.28. The summed E-state index contributed by atoms with van der Waals surface area (Å²) in [6.07, 6.45) is 3.54. The minimum Gasteiger partial charge on any atom is -0.465 e. The molecule has 2 heteroatoms. The molecule has 0 saturated heterocycles. The van der Waals surface area contributed by atoms with Gasteiger partial charge in [-0.2, -0.15) is 0 Å². The van der Waals surface area contributed by atoms with Gasteiger partial charge in [0, 0.05) is 0 Å². The molecule has 0 bridgehead atoms. The molecule has 0 radical (unpaired) electrons. The third-order valence-electron chi connectivity index (χ3n) is 3.26. The first-order valence-corrected chi connectivity index (χ1v) is 6.32. The Hall–Kier alpha value is -1.31. The fourth-order valence-corrected chi connectivity index (χ4v) is 2.31. The van der Waals surface area contributed by atoms with Crippen molar-refractivity contribution in [1.82, 2.24) is 0 Å². The zero-order chi connectivity index (χ0) is 12.8. The van der Waals surface area contributed by atoms with E-state index in [0.29, 0.717) is 11.5 Å². The van der Waals surface area contributed by atoms with Crippen molar-refractivity contribution in [3.63, 3.8) is 0 Å². The summed E-state index contributed by atoms with van der Waals surface area (Å²) in [6.45, 7) is 6.49. The molecule has 17 heavy (non-hydrogen) atoms. The van der Waals surface area contributed by atoms with Crippen LogP contribution in [0.25, 0.3) is 0 Å². The van der Waals surface area contributed by atoms with Gasteiger partial charge in [-0.25, -0.2) is 4.79 Å². The van der Waals surface area contributed by atoms with E-state index in [0.717, 1.165) is 6.42 Å². The van der Waals surface area contributed by atoms with E-state index in [-0.39, 0.29) is 5.97 Å². The molecule has 0 aliphatic heterocycles. The van der Waals surface area contributed by atoms with Gasteiger partial charge >= 0.3 is 5.97 Å². The largest absolute Gasteiger partial charge is 0.465 e. The van der Waals surface area contributed by atoms with E-state index >= 15 is 0 Å². The Morgan fingerprint density at radius 2 is 2.06 bits per heavy atom. The average molecular weight is 234 g/mol. The Bertz CT molecular complexity index is 383. The summed E-state index contributed by atoms with van der Waals surface area (Å²) < 4.78 is 4.73. The number of ether oxygens (including phenoxy) is 1. The van der Waals surface area contributed by atoms with Crippen LogP contribution < -0.4 is 0 Å². The molecular weight excluding hydrogens is 212 g/mol. The van der Waals surface area contributed by atoms with Crippen LogP contribution in [0.4, 0.5) is 0 Å². The maximum Gasteiger partial charge on any atom is 0.337 e. The van der Waals surface area contributed by atoms with Crippen LogP contribution in [0.1, 0.15) is 60.5 Å². The molecule has 1 aromatic carbocycles.